The number of primary amides is 1. The molecule has 7 nitrogen and oxygen atoms in total. The number of carbonyl (C=O) groups is 3. The van der Waals surface area contributed by atoms with Crippen LogP contribution in [0.25, 0.3) is 0 Å². The maximum absolute atomic E-state index is 11.9. The lowest BCUT2D eigenvalue weighted by Gasteiger charge is -2.19. The van der Waals surface area contributed by atoms with E-state index in [-0.39, 0.29) is 29.4 Å². The fraction of sp³-hybridized carbons (Fsp3) is 0.250. The minimum Gasteiger partial charge on any atom is -0.478 e. The zero-order valence-electron chi connectivity index (χ0n) is 10.7. The molecule has 0 bridgehead atoms. The second kappa shape index (κ2) is 6.76. The van der Waals surface area contributed by atoms with Gasteiger partial charge in [0.05, 0.1) is 5.56 Å². The number of rotatable bonds is 5. The number of anilines is 1. The molecule has 0 aliphatic carbocycles. The Morgan fingerprint density at radius 2 is 2.00 bits per heavy atom. The average Bonchev–Trinajstić information content (AvgIpc) is 2.34. The Morgan fingerprint density at radius 3 is 2.50 bits per heavy atom. The van der Waals surface area contributed by atoms with Gasteiger partial charge in [-0.05, 0) is 25.1 Å². The largest absolute Gasteiger partial charge is 0.478 e. The molecule has 8 heteroatoms. The molecule has 1 rings (SSSR count). The van der Waals surface area contributed by atoms with Gasteiger partial charge in [-0.2, -0.15) is 0 Å². The highest BCUT2D eigenvalue weighted by atomic mass is 35.5. The zero-order chi connectivity index (χ0) is 15.3. The lowest BCUT2D eigenvalue weighted by atomic mass is 10.2. The lowest BCUT2D eigenvalue weighted by molar-refractivity contribution is -0.118. The van der Waals surface area contributed by atoms with Crippen LogP contribution in [-0.4, -0.2) is 41.0 Å². The van der Waals surface area contributed by atoms with E-state index in [4.69, 9.17) is 22.4 Å². The molecular weight excluding hydrogens is 286 g/mol. The number of carboxylic acid groups (broad SMARTS) is 1. The third kappa shape index (κ3) is 4.43. The van der Waals surface area contributed by atoms with Crippen LogP contribution in [0.1, 0.15) is 17.3 Å². The first kappa shape index (κ1) is 15.8. The Hall–Kier alpha value is -2.28. The summed E-state index contributed by atoms with van der Waals surface area (Å²) in [5.41, 5.74) is 5.20. The van der Waals surface area contributed by atoms with Crippen LogP contribution in [0, 0.1) is 0 Å². The summed E-state index contributed by atoms with van der Waals surface area (Å²) in [6, 6.07) is 3.37. The lowest BCUT2D eigenvalue weighted by Crippen LogP contribution is -2.40. The van der Waals surface area contributed by atoms with Crippen molar-refractivity contribution < 1.29 is 19.5 Å². The minimum absolute atomic E-state index is 0.0502. The predicted octanol–water partition coefficient (Wildman–Crippen LogP) is 1.38. The van der Waals surface area contributed by atoms with Crippen LogP contribution in [0.2, 0.25) is 5.02 Å². The van der Waals surface area contributed by atoms with Crippen LogP contribution in [0.5, 0.6) is 0 Å². The molecule has 0 unspecified atom stereocenters. The normalized spacial score (nSPS) is 9.90. The van der Waals surface area contributed by atoms with Crippen molar-refractivity contribution in [3.05, 3.63) is 28.8 Å². The van der Waals surface area contributed by atoms with E-state index >= 15 is 0 Å². The number of aromatic carboxylic acids is 1. The van der Waals surface area contributed by atoms with Gasteiger partial charge in [0.2, 0.25) is 5.91 Å². The standard InChI is InChI=1S/C12H14ClN3O4/c1-2-16(6-10(14)17)12(20)15-9-4-7(11(18)19)3-8(13)5-9/h3-5H,2,6H2,1H3,(H2,14,17)(H,15,20)(H,18,19). The van der Waals surface area contributed by atoms with E-state index in [1.807, 2.05) is 0 Å². The van der Waals surface area contributed by atoms with E-state index in [0.717, 1.165) is 0 Å². The number of urea groups is 1. The molecule has 1 aromatic rings. The number of benzene rings is 1. The van der Waals surface area contributed by atoms with Crippen molar-refractivity contribution in [2.24, 2.45) is 5.73 Å². The minimum atomic E-state index is -1.16. The Labute approximate surface area is 120 Å². The second-order valence-electron chi connectivity index (χ2n) is 3.94. The Morgan fingerprint density at radius 1 is 1.35 bits per heavy atom. The van der Waals surface area contributed by atoms with Crippen LogP contribution in [0.15, 0.2) is 18.2 Å². The predicted molar refractivity (Wildman–Crippen MR) is 73.9 cm³/mol. The van der Waals surface area contributed by atoms with Gasteiger partial charge in [0.25, 0.3) is 0 Å². The van der Waals surface area contributed by atoms with Crippen LogP contribution in [0.3, 0.4) is 0 Å². The highest BCUT2D eigenvalue weighted by molar-refractivity contribution is 6.31. The number of halogens is 1. The van der Waals surface area contributed by atoms with Gasteiger partial charge in [-0.3, -0.25) is 4.79 Å². The van der Waals surface area contributed by atoms with Gasteiger partial charge in [0.15, 0.2) is 0 Å². The molecule has 0 radical (unpaired) electrons. The first-order chi connectivity index (χ1) is 9.33. The summed E-state index contributed by atoms with van der Waals surface area (Å²) < 4.78 is 0. The van der Waals surface area contributed by atoms with Gasteiger partial charge in [0.1, 0.15) is 6.54 Å². The van der Waals surface area contributed by atoms with Crippen LogP contribution in [-0.2, 0) is 4.79 Å². The van der Waals surface area contributed by atoms with E-state index < -0.39 is 17.9 Å². The molecule has 0 spiro atoms. The SMILES string of the molecule is CCN(CC(N)=O)C(=O)Nc1cc(Cl)cc(C(=O)O)c1. The second-order valence-corrected chi connectivity index (χ2v) is 4.38. The van der Waals surface area contributed by atoms with E-state index in [1.54, 1.807) is 6.92 Å². The van der Waals surface area contributed by atoms with E-state index in [9.17, 15) is 14.4 Å². The molecule has 0 saturated carbocycles. The summed E-state index contributed by atoms with van der Waals surface area (Å²) in [5, 5.41) is 11.5. The molecular formula is C12H14ClN3O4. The molecule has 0 fully saturated rings. The first-order valence-electron chi connectivity index (χ1n) is 5.71. The number of nitrogens with two attached hydrogens (primary N) is 1. The van der Waals surface area contributed by atoms with Gasteiger partial charge < -0.3 is 21.1 Å². The molecule has 3 amide bonds. The van der Waals surface area contributed by atoms with Crippen LogP contribution in [0.4, 0.5) is 10.5 Å². The summed E-state index contributed by atoms with van der Waals surface area (Å²) in [6.45, 7) is 1.74. The fourth-order valence-corrected chi connectivity index (χ4v) is 1.74. The molecule has 0 saturated heterocycles. The van der Waals surface area contributed by atoms with E-state index in [1.165, 1.54) is 23.1 Å². The van der Waals surface area contributed by atoms with Crippen molar-refractivity contribution in [3.8, 4) is 0 Å². The molecule has 0 aliphatic rings. The summed E-state index contributed by atoms with van der Waals surface area (Å²) in [6.07, 6.45) is 0. The molecule has 0 aliphatic heterocycles. The third-order valence-electron chi connectivity index (χ3n) is 2.41. The van der Waals surface area contributed by atoms with Gasteiger partial charge in [-0.25, -0.2) is 9.59 Å². The molecule has 0 atom stereocenters. The number of hydrogen-bond acceptors (Lipinski definition) is 3. The van der Waals surface area contributed by atoms with Crippen molar-refractivity contribution in [1.82, 2.24) is 4.90 Å². The van der Waals surface area contributed by atoms with Crippen molar-refractivity contribution in [1.29, 1.82) is 0 Å². The third-order valence-corrected chi connectivity index (χ3v) is 2.63. The van der Waals surface area contributed by atoms with Crippen molar-refractivity contribution in [2.75, 3.05) is 18.4 Å². The van der Waals surface area contributed by atoms with E-state index in [0.29, 0.717) is 0 Å². The molecule has 108 valence electrons. The van der Waals surface area contributed by atoms with Gasteiger partial charge in [-0.1, -0.05) is 11.6 Å². The monoisotopic (exact) mass is 299 g/mol. The average molecular weight is 300 g/mol. The Bertz CT molecular complexity index is 548. The van der Waals surface area contributed by atoms with Gasteiger partial charge >= 0.3 is 12.0 Å². The Kier molecular flexibility index (Phi) is 5.33. The number of hydrogen-bond donors (Lipinski definition) is 3. The van der Waals surface area contributed by atoms with Crippen molar-refractivity contribution in [3.63, 3.8) is 0 Å². The summed E-state index contributed by atoms with van der Waals surface area (Å²) in [5.74, 6) is -1.80. The summed E-state index contributed by atoms with van der Waals surface area (Å²) in [7, 11) is 0. The van der Waals surface area contributed by atoms with Gasteiger partial charge in [0, 0.05) is 17.3 Å². The number of nitrogens with one attached hydrogen (secondary N) is 1. The number of likely N-dealkylation sites (N-methyl/N-ethyl adjacent to an activating group) is 1. The molecule has 0 aromatic heterocycles. The number of carboxylic acids is 1. The zero-order valence-corrected chi connectivity index (χ0v) is 11.5. The van der Waals surface area contributed by atoms with Crippen LogP contribution < -0.4 is 11.1 Å². The Balaban J connectivity index is 2.89. The van der Waals surface area contributed by atoms with Crippen LogP contribution >= 0.6 is 11.6 Å². The highest BCUT2D eigenvalue weighted by Gasteiger charge is 2.15. The van der Waals surface area contributed by atoms with Crippen molar-refractivity contribution in [2.45, 2.75) is 6.92 Å². The smallest absolute Gasteiger partial charge is 0.335 e. The van der Waals surface area contributed by atoms with Gasteiger partial charge in [-0.15, -0.1) is 0 Å². The topological polar surface area (TPSA) is 113 Å². The molecule has 0 heterocycles. The number of amides is 3. The van der Waals surface area contributed by atoms with E-state index in [2.05, 4.69) is 5.32 Å². The number of nitrogens with zero attached hydrogens (tertiary/aromatic N) is 1. The summed E-state index contributed by atoms with van der Waals surface area (Å²) in [4.78, 5) is 34.8. The molecule has 20 heavy (non-hydrogen) atoms. The fourth-order valence-electron chi connectivity index (χ4n) is 1.50. The van der Waals surface area contributed by atoms with Crippen molar-refractivity contribution >= 4 is 35.2 Å². The highest BCUT2D eigenvalue weighted by Crippen LogP contribution is 2.19. The summed E-state index contributed by atoms with van der Waals surface area (Å²) >= 11 is 5.77. The molecule has 1 aromatic carbocycles. The number of carbonyl (C=O) groups excluding carboxylic acids is 2. The quantitative estimate of drug-likeness (QED) is 0.762. The first-order valence-corrected chi connectivity index (χ1v) is 6.09. The molecule has 4 N–H and O–H groups in total. The maximum atomic E-state index is 11.9. The maximum Gasteiger partial charge on any atom is 0.335 e.